The highest BCUT2D eigenvalue weighted by Crippen LogP contribution is 2.21. The summed E-state index contributed by atoms with van der Waals surface area (Å²) < 4.78 is 18.3. The number of ether oxygens (including phenoxy) is 1. The summed E-state index contributed by atoms with van der Waals surface area (Å²) in [5.41, 5.74) is -0.622. The first kappa shape index (κ1) is 16.4. The van der Waals surface area contributed by atoms with Crippen LogP contribution < -0.4 is 15.4 Å². The van der Waals surface area contributed by atoms with Crippen LogP contribution in [0.1, 0.15) is 17.3 Å². The van der Waals surface area contributed by atoms with Crippen molar-refractivity contribution in [2.24, 2.45) is 0 Å². The summed E-state index contributed by atoms with van der Waals surface area (Å²) in [5, 5.41) is 13.8. The van der Waals surface area contributed by atoms with Gasteiger partial charge in [-0.05, 0) is 12.1 Å². The first-order valence-corrected chi connectivity index (χ1v) is 6.07. The zero-order valence-electron chi connectivity index (χ0n) is 11.3. The van der Waals surface area contributed by atoms with Gasteiger partial charge in [-0.15, -0.1) is 0 Å². The molecule has 0 saturated carbocycles. The minimum Gasteiger partial charge on any atom is -0.483 e. The molecule has 0 aliphatic rings. The van der Waals surface area contributed by atoms with E-state index in [2.05, 4.69) is 10.6 Å². The van der Waals surface area contributed by atoms with E-state index < -0.39 is 29.9 Å². The monoisotopic (exact) mass is 298 g/mol. The van der Waals surface area contributed by atoms with Gasteiger partial charge < -0.3 is 20.5 Å². The summed E-state index contributed by atoms with van der Waals surface area (Å²) in [6.45, 7) is 1.37. The Labute approximate surface area is 120 Å². The number of amides is 2. The summed E-state index contributed by atoms with van der Waals surface area (Å²) in [5.74, 6) is -3.37. The number of nitrogens with one attached hydrogen (secondary N) is 2. The van der Waals surface area contributed by atoms with Gasteiger partial charge in [0, 0.05) is 20.0 Å². The number of carboxylic acid groups (broad SMARTS) is 1. The molecule has 0 aliphatic heterocycles. The van der Waals surface area contributed by atoms with E-state index in [0.717, 1.165) is 6.07 Å². The molecule has 0 atom stereocenters. The smallest absolute Gasteiger partial charge is 0.342 e. The van der Waals surface area contributed by atoms with Crippen LogP contribution >= 0.6 is 0 Å². The molecular weight excluding hydrogens is 283 g/mol. The molecule has 0 fully saturated rings. The maximum absolute atomic E-state index is 13.3. The predicted octanol–water partition coefficient (Wildman–Crippen LogP) is 0.155. The van der Waals surface area contributed by atoms with Crippen molar-refractivity contribution in [3.63, 3.8) is 0 Å². The van der Waals surface area contributed by atoms with Crippen molar-refractivity contribution in [3.8, 4) is 5.75 Å². The lowest BCUT2D eigenvalue weighted by atomic mass is 10.2. The van der Waals surface area contributed by atoms with Crippen molar-refractivity contribution < 1.29 is 28.6 Å². The molecule has 0 aliphatic carbocycles. The van der Waals surface area contributed by atoms with E-state index in [1.54, 1.807) is 0 Å². The van der Waals surface area contributed by atoms with Gasteiger partial charge in [-0.3, -0.25) is 9.59 Å². The maximum Gasteiger partial charge on any atom is 0.342 e. The first-order valence-electron chi connectivity index (χ1n) is 6.07. The topological polar surface area (TPSA) is 105 Å². The van der Waals surface area contributed by atoms with Crippen molar-refractivity contribution in [1.82, 2.24) is 10.6 Å². The Bertz CT molecular complexity index is 547. The van der Waals surface area contributed by atoms with Gasteiger partial charge in [0.25, 0.3) is 5.91 Å². The number of hydrogen-bond donors (Lipinski definition) is 3. The van der Waals surface area contributed by atoms with Crippen LogP contribution in [0.4, 0.5) is 4.39 Å². The van der Waals surface area contributed by atoms with Crippen molar-refractivity contribution in [2.75, 3.05) is 19.7 Å². The van der Waals surface area contributed by atoms with Gasteiger partial charge in [-0.25, -0.2) is 9.18 Å². The van der Waals surface area contributed by atoms with Gasteiger partial charge in [0.2, 0.25) is 5.91 Å². The van der Waals surface area contributed by atoms with E-state index in [4.69, 9.17) is 9.84 Å². The van der Waals surface area contributed by atoms with Gasteiger partial charge in [-0.1, -0.05) is 6.07 Å². The Hall–Kier alpha value is -2.64. The molecule has 0 aromatic heterocycles. The summed E-state index contributed by atoms with van der Waals surface area (Å²) in [7, 11) is 0. The second-order valence-corrected chi connectivity index (χ2v) is 4.04. The van der Waals surface area contributed by atoms with Crippen LogP contribution in [0.3, 0.4) is 0 Å². The molecule has 0 unspecified atom stereocenters. The van der Waals surface area contributed by atoms with Gasteiger partial charge in [0.1, 0.15) is 17.1 Å². The Morgan fingerprint density at radius 1 is 1.24 bits per heavy atom. The Morgan fingerprint density at radius 3 is 2.52 bits per heavy atom. The number of aromatic carboxylic acids is 1. The Kier molecular flexibility index (Phi) is 6.12. The largest absolute Gasteiger partial charge is 0.483 e. The highest BCUT2D eigenvalue weighted by molar-refractivity contribution is 5.91. The van der Waals surface area contributed by atoms with Crippen molar-refractivity contribution in [2.45, 2.75) is 6.92 Å². The number of hydrogen-bond acceptors (Lipinski definition) is 4. The minimum absolute atomic E-state index is 0.205. The average molecular weight is 298 g/mol. The van der Waals surface area contributed by atoms with Crippen LogP contribution in [-0.4, -0.2) is 42.6 Å². The van der Waals surface area contributed by atoms with Crippen molar-refractivity contribution >= 4 is 17.8 Å². The number of rotatable bonds is 7. The molecule has 1 aromatic carbocycles. The third-order valence-electron chi connectivity index (χ3n) is 2.37. The van der Waals surface area contributed by atoms with Gasteiger partial charge >= 0.3 is 5.97 Å². The minimum atomic E-state index is -1.48. The lowest BCUT2D eigenvalue weighted by Crippen LogP contribution is -2.36. The second-order valence-electron chi connectivity index (χ2n) is 4.04. The van der Waals surface area contributed by atoms with Crippen LogP contribution in [-0.2, 0) is 9.59 Å². The highest BCUT2D eigenvalue weighted by Gasteiger charge is 2.17. The molecule has 21 heavy (non-hydrogen) atoms. The lowest BCUT2D eigenvalue weighted by molar-refractivity contribution is -0.123. The standard InChI is InChI=1S/C13H15FN2O5/c1-8(17)15-5-6-16-11(18)7-21-10-4-2-3-9(14)12(10)13(19)20/h2-4H,5-7H2,1H3,(H,15,17)(H,16,18)(H,19,20). The molecule has 0 radical (unpaired) electrons. The van der Waals surface area contributed by atoms with Crippen LogP contribution in [0.25, 0.3) is 0 Å². The van der Waals surface area contributed by atoms with E-state index in [-0.39, 0.29) is 24.7 Å². The van der Waals surface area contributed by atoms with Crippen LogP contribution in [0.2, 0.25) is 0 Å². The van der Waals surface area contributed by atoms with E-state index in [1.165, 1.54) is 19.1 Å². The zero-order chi connectivity index (χ0) is 15.8. The van der Waals surface area contributed by atoms with Crippen molar-refractivity contribution in [3.05, 3.63) is 29.6 Å². The summed E-state index contributed by atoms with van der Waals surface area (Å²) in [6, 6.07) is 3.53. The number of carbonyl (C=O) groups is 3. The normalized spacial score (nSPS) is 9.81. The fourth-order valence-electron chi connectivity index (χ4n) is 1.47. The van der Waals surface area contributed by atoms with E-state index in [1.807, 2.05) is 0 Å². The Morgan fingerprint density at radius 2 is 1.90 bits per heavy atom. The first-order chi connectivity index (χ1) is 9.91. The van der Waals surface area contributed by atoms with Gasteiger partial charge in [0.05, 0.1) is 0 Å². The van der Waals surface area contributed by atoms with E-state index in [9.17, 15) is 18.8 Å². The van der Waals surface area contributed by atoms with Crippen LogP contribution in [0.5, 0.6) is 5.75 Å². The van der Waals surface area contributed by atoms with E-state index >= 15 is 0 Å². The number of carbonyl (C=O) groups excluding carboxylic acids is 2. The quantitative estimate of drug-likeness (QED) is 0.622. The third kappa shape index (κ3) is 5.47. The fraction of sp³-hybridized carbons (Fsp3) is 0.308. The number of benzene rings is 1. The molecule has 2 amide bonds. The molecule has 0 saturated heterocycles. The summed E-state index contributed by atoms with van der Waals surface area (Å²) in [4.78, 5) is 32.9. The molecule has 0 spiro atoms. The number of halogens is 1. The van der Waals surface area contributed by atoms with E-state index in [0.29, 0.717) is 0 Å². The molecule has 114 valence electrons. The molecule has 1 aromatic rings. The second kappa shape index (κ2) is 7.83. The SMILES string of the molecule is CC(=O)NCCNC(=O)COc1cccc(F)c1C(=O)O. The van der Waals surface area contributed by atoms with Gasteiger partial charge in [0.15, 0.2) is 6.61 Å². The highest BCUT2D eigenvalue weighted by atomic mass is 19.1. The molecule has 8 heteroatoms. The molecule has 3 N–H and O–H groups in total. The lowest BCUT2D eigenvalue weighted by Gasteiger charge is -2.10. The van der Waals surface area contributed by atoms with Crippen LogP contribution in [0, 0.1) is 5.82 Å². The van der Waals surface area contributed by atoms with Crippen LogP contribution in [0.15, 0.2) is 18.2 Å². The zero-order valence-corrected chi connectivity index (χ0v) is 11.3. The predicted molar refractivity (Wildman–Crippen MR) is 70.5 cm³/mol. The number of carboxylic acids is 1. The summed E-state index contributed by atoms with van der Waals surface area (Å²) >= 11 is 0. The molecule has 7 nitrogen and oxygen atoms in total. The van der Waals surface area contributed by atoms with Crippen molar-refractivity contribution in [1.29, 1.82) is 0 Å². The molecular formula is C13H15FN2O5. The van der Waals surface area contributed by atoms with Gasteiger partial charge in [-0.2, -0.15) is 0 Å². The summed E-state index contributed by atoms with van der Waals surface area (Å²) in [6.07, 6.45) is 0. The fourth-order valence-corrected chi connectivity index (χ4v) is 1.47. The third-order valence-corrected chi connectivity index (χ3v) is 2.37. The maximum atomic E-state index is 13.3. The average Bonchev–Trinajstić information content (AvgIpc) is 2.40. The molecule has 0 heterocycles. The molecule has 1 rings (SSSR count). The Balaban J connectivity index is 2.48. The molecule has 0 bridgehead atoms.